The zero-order valence-electron chi connectivity index (χ0n) is 12.1. The topological polar surface area (TPSA) is 37.3 Å². The molecule has 0 aliphatic rings. The van der Waals surface area contributed by atoms with Gasteiger partial charge in [-0.15, -0.1) is 0 Å². The maximum absolute atomic E-state index is 12.1. The summed E-state index contributed by atoms with van der Waals surface area (Å²) in [7, 11) is 0. The monoisotopic (exact) mass is 329 g/mol. The molecule has 1 aromatic rings. The molecule has 1 rings (SSSR count). The molecule has 108 valence electrons. The van der Waals surface area contributed by atoms with E-state index in [-0.39, 0.29) is 5.91 Å². The van der Waals surface area contributed by atoms with E-state index in [1.807, 2.05) is 23.8 Å². The van der Waals surface area contributed by atoms with Crippen LogP contribution in [0.1, 0.15) is 37.7 Å². The van der Waals surface area contributed by atoms with Gasteiger partial charge in [-0.25, -0.2) is 0 Å². The number of hydrogen-bond donors (Lipinski definition) is 1. The molecule has 0 fully saturated rings. The fourth-order valence-electron chi connectivity index (χ4n) is 2.06. The average Bonchev–Trinajstić information content (AvgIpc) is 2.80. The molecule has 4 nitrogen and oxygen atoms in total. The first-order chi connectivity index (χ1) is 9.12. The van der Waals surface area contributed by atoms with E-state index in [0.717, 1.165) is 49.3 Å². The van der Waals surface area contributed by atoms with Crippen molar-refractivity contribution in [2.75, 3.05) is 26.2 Å². The highest BCUT2D eigenvalue weighted by molar-refractivity contribution is 9.10. The summed E-state index contributed by atoms with van der Waals surface area (Å²) in [6.45, 7) is 11.0. The van der Waals surface area contributed by atoms with Crippen LogP contribution < -0.4 is 5.32 Å². The third-order valence-corrected chi connectivity index (χ3v) is 3.70. The Hall–Kier alpha value is -0.810. The fourth-order valence-corrected chi connectivity index (χ4v) is 2.53. The molecular formula is C14H24BrN3O. The second kappa shape index (κ2) is 8.38. The Kier molecular flexibility index (Phi) is 7.16. The van der Waals surface area contributed by atoms with Gasteiger partial charge in [0.05, 0.1) is 0 Å². The Balaban J connectivity index is 2.39. The third-order valence-electron chi connectivity index (χ3n) is 3.27. The number of amides is 1. The molecule has 5 heteroatoms. The highest BCUT2D eigenvalue weighted by Gasteiger charge is 2.11. The largest absolute Gasteiger partial charge is 0.351 e. The van der Waals surface area contributed by atoms with Crippen molar-refractivity contribution in [3.05, 3.63) is 22.4 Å². The van der Waals surface area contributed by atoms with Crippen LogP contribution in [0.25, 0.3) is 0 Å². The lowest BCUT2D eigenvalue weighted by Crippen LogP contribution is -2.30. The molecule has 0 aliphatic heterocycles. The molecular weight excluding hydrogens is 306 g/mol. The summed E-state index contributed by atoms with van der Waals surface area (Å²) in [4.78, 5) is 14.4. The lowest BCUT2D eigenvalue weighted by atomic mass is 10.3. The molecule has 1 heterocycles. The van der Waals surface area contributed by atoms with Crippen LogP contribution in [0.4, 0.5) is 0 Å². The first kappa shape index (κ1) is 16.2. The molecule has 0 aliphatic carbocycles. The summed E-state index contributed by atoms with van der Waals surface area (Å²) in [6.07, 6.45) is 2.92. The number of nitrogens with one attached hydrogen (secondary N) is 1. The van der Waals surface area contributed by atoms with Crippen LogP contribution in [0.3, 0.4) is 0 Å². The Morgan fingerprint density at radius 2 is 2.05 bits per heavy atom. The van der Waals surface area contributed by atoms with Crippen molar-refractivity contribution in [3.8, 4) is 0 Å². The maximum Gasteiger partial charge on any atom is 0.267 e. The van der Waals surface area contributed by atoms with E-state index in [9.17, 15) is 4.79 Å². The summed E-state index contributed by atoms with van der Waals surface area (Å²) >= 11 is 3.40. The van der Waals surface area contributed by atoms with Gasteiger partial charge in [0.1, 0.15) is 5.69 Å². The quantitative estimate of drug-likeness (QED) is 0.744. The number of carbonyl (C=O) groups excluding carboxylic acids is 1. The van der Waals surface area contributed by atoms with E-state index in [1.165, 1.54) is 0 Å². The summed E-state index contributed by atoms with van der Waals surface area (Å²) in [5.41, 5.74) is 0.720. The van der Waals surface area contributed by atoms with Crippen molar-refractivity contribution in [2.45, 2.75) is 33.7 Å². The Bertz CT molecular complexity index is 399. The predicted octanol–water partition coefficient (Wildman–Crippen LogP) is 2.73. The first-order valence-corrected chi connectivity index (χ1v) is 7.77. The number of halogens is 1. The van der Waals surface area contributed by atoms with Gasteiger partial charge in [-0.2, -0.15) is 0 Å². The Morgan fingerprint density at radius 1 is 1.37 bits per heavy atom. The smallest absolute Gasteiger partial charge is 0.267 e. The highest BCUT2D eigenvalue weighted by atomic mass is 79.9. The molecule has 0 saturated heterocycles. The molecule has 0 spiro atoms. The summed E-state index contributed by atoms with van der Waals surface area (Å²) in [5.74, 6) is 0.00657. The molecule has 0 unspecified atom stereocenters. The van der Waals surface area contributed by atoms with Gasteiger partial charge >= 0.3 is 0 Å². The predicted molar refractivity (Wildman–Crippen MR) is 82.5 cm³/mol. The molecule has 1 aromatic heterocycles. The summed E-state index contributed by atoms with van der Waals surface area (Å²) in [6, 6.07) is 1.86. The zero-order valence-corrected chi connectivity index (χ0v) is 13.7. The van der Waals surface area contributed by atoms with Gasteiger partial charge in [-0.3, -0.25) is 4.79 Å². The number of carbonyl (C=O) groups is 1. The molecule has 1 N–H and O–H groups in total. The molecule has 1 amide bonds. The molecule has 0 radical (unpaired) electrons. The van der Waals surface area contributed by atoms with Gasteiger partial charge in [0.25, 0.3) is 5.91 Å². The normalized spacial score (nSPS) is 11.0. The van der Waals surface area contributed by atoms with E-state index in [0.29, 0.717) is 0 Å². The van der Waals surface area contributed by atoms with Gasteiger partial charge in [0.15, 0.2) is 0 Å². The fraction of sp³-hybridized carbons (Fsp3) is 0.643. The first-order valence-electron chi connectivity index (χ1n) is 6.98. The summed E-state index contributed by atoms with van der Waals surface area (Å²) < 4.78 is 2.90. The molecule has 0 atom stereocenters. The van der Waals surface area contributed by atoms with Crippen LogP contribution in [0.5, 0.6) is 0 Å². The van der Waals surface area contributed by atoms with Crippen LogP contribution in [0.2, 0.25) is 0 Å². The van der Waals surface area contributed by atoms with Crippen molar-refractivity contribution < 1.29 is 4.79 Å². The number of aromatic nitrogens is 1. The van der Waals surface area contributed by atoms with Gasteiger partial charge in [0.2, 0.25) is 0 Å². The van der Waals surface area contributed by atoms with Crippen molar-refractivity contribution in [1.82, 2.24) is 14.8 Å². The van der Waals surface area contributed by atoms with Crippen molar-refractivity contribution in [2.24, 2.45) is 0 Å². The Morgan fingerprint density at radius 3 is 2.63 bits per heavy atom. The lowest BCUT2D eigenvalue weighted by Gasteiger charge is -2.17. The minimum atomic E-state index is 0.00657. The number of nitrogens with zero attached hydrogens (tertiary/aromatic N) is 2. The van der Waals surface area contributed by atoms with Crippen molar-refractivity contribution >= 4 is 21.8 Å². The SMILES string of the molecule is CCN(CC)CCCNC(=O)c1cc(Br)cn1CC. The van der Waals surface area contributed by atoms with Gasteiger partial charge in [-0.05, 0) is 55.0 Å². The second-order valence-corrected chi connectivity index (χ2v) is 5.38. The van der Waals surface area contributed by atoms with Crippen LogP contribution >= 0.6 is 15.9 Å². The van der Waals surface area contributed by atoms with Gasteiger partial charge < -0.3 is 14.8 Å². The molecule has 19 heavy (non-hydrogen) atoms. The van der Waals surface area contributed by atoms with E-state index in [4.69, 9.17) is 0 Å². The van der Waals surface area contributed by atoms with Gasteiger partial charge in [-0.1, -0.05) is 13.8 Å². The minimum absolute atomic E-state index is 0.00657. The molecule has 0 aromatic carbocycles. The van der Waals surface area contributed by atoms with Gasteiger partial charge in [0, 0.05) is 23.8 Å². The van der Waals surface area contributed by atoms with E-state index >= 15 is 0 Å². The number of rotatable bonds is 8. The lowest BCUT2D eigenvalue weighted by molar-refractivity contribution is 0.0942. The van der Waals surface area contributed by atoms with Crippen LogP contribution in [-0.2, 0) is 6.54 Å². The van der Waals surface area contributed by atoms with Crippen molar-refractivity contribution in [3.63, 3.8) is 0 Å². The van der Waals surface area contributed by atoms with E-state index in [1.54, 1.807) is 0 Å². The zero-order chi connectivity index (χ0) is 14.3. The van der Waals surface area contributed by atoms with Crippen LogP contribution in [0, 0.1) is 0 Å². The Labute approximate surface area is 124 Å². The second-order valence-electron chi connectivity index (χ2n) is 4.47. The maximum atomic E-state index is 12.1. The standard InChI is InChI=1S/C14H24BrN3O/c1-4-17(5-2)9-7-8-16-14(19)13-10-12(15)11-18(13)6-3/h10-11H,4-9H2,1-3H3,(H,16,19). The minimum Gasteiger partial charge on any atom is -0.351 e. The average molecular weight is 330 g/mol. The number of aryl methyl sites for hydroxylation is 1. The molecule has 0 bridgehead atoms. The summed E-state index contributed by atoms with van der Waals surface area (Å²) in [5, 5.41) is 2.98. The number of hydrogen-bond acceptors (Lipinski definition) is 2. The van der Waals surface area contributed by atoms with E-state index < -0.39 is 0 Å². The van der Waals surface area contributed by atoms with Crippen LogP contribution in [-0.4, -0.2) is 41.6 Å². The molecule has 0 saturated carbocycles. The van der Waals surface area contributed by atoms with E-state index in [2.05, 4.69) is 40.0 Å². The van der Waals surface area contributed by atoms with Crippen molar-refractivity contribution in [1.29, 1.82) is 0 Å². The third kappa shape index (κ3) is 4.99. The van der Waals surface area contributed by atoms with Crippen LogP contribution in [0.15, 0.2) is 16.7 Å². The highest BCUT2D eigenvalue weighted by Crippen LogP contribution is 2.14.